The fraction of sp³-hybridized carbons (Fsp3) is 0.346. The summed E-state index contributed by atoms with van der Waals surface area (Å²) in [6.45, 7) is 0.231. The molecule has 234 valence electrons. The van der Waals surface area contributed by atoms with Crippen molar-refractivity contribution in [1.29, 1.82) is 0 Å². The zero-order valence-electron chi connectivity index (χ0n) is 22.9. The molecule has 3 aromatic heterocycles. The van der Waals surface area contributed by atoms with E-state index in [4.69, 9.17) is 0 Å². The quantitative estimate of drug-likeness (QED) is 0.215. The Bertz CT molecular complexity index is 1570. The maximum Gasteiger partial charge on any atom is 0.416 e. The van der Waals surface area contributed by atoms with E-state index in [-0.39, 0.29) is 55.4 Å². The van der Waals surface area contributed by atoms with Gasteiger partial charge in [-0.15, -0.1) is 10.2 Å². The van der Waals surface area contributed by atoms with Crippen molar-refractivity contribution in [3.63, 3.8) is 0 Å². The van der Waals surface area contributed by atoms with E-state index in [0.717, 1.165) is 23.0 Å². The number of rotatable bonds is 13. The Kier molecular flexibility index (Phi) is 9.80. The van der Waals surface area contributed by atoms with Crippen LogP contribution in [0.2, 0.25) is 0 Å². The van der Waals surface area contributed by atoms with Crippen LogP contribution in [0.5, 0.6) is 5.75 Å². The average Bonchev–Trinajstić information content (AvgIpc) is 3.63. The Morgan fingerprint density at radius 2 is 1.52 bits per heavy atom. The van der Waals surface area contributed by atoms with Crippen molar-refractivity contribution in [3.05, 3.63) is 83.2 Å². The summed E-state index contributed by atoms with van der Waals surface area (Å²) < 4.78 is 85.8. The summed E-state index contributed by atoms with van der Waals surface area (Å²) in [6, 6.07) is 7.35. The van der Waals surface area contributed by atoms with Crippen LogP contribution in [0.15, 0.2) is 55.0 Å². The van der Waals surface area contributed by atoms with Crippen LogP contribution in [-0.4, -0.2) is 59.1 Å². The van der Waals surface area contributed by atoms with Gasteiger partial charge in [-0.1, -0.05) is 22.6 Å². The number of nitrogens with one attached hydrogen (secondary N) is 2. The highest BCUT2D eigenvalue weighted by atomic mass is 19.4. The van der Waals surface area contributed by atoms with Crippen molar-refractivity contribution in [2.75, 3.05) is 0 Å². The number of hydrogen-bond donors (Lipinski definition) is 2. The van der Waals surface area contributed by atoms with Gasteiger partial charge in [-0.25, -0.2) is 9.07 Å². The van der Waals surface area contributed by atoms with E-state index in [9.17, 15) is 35.9 Å². The number of ether oxygens (including phenoxy) is 1. The third-order valence-electron chi connectivity index (χ3n) is 5.85. The number of hydrogen-bond acceptors (Lipinski definition) is 8. The molecule has 1 atom stereocenters. The second-order valence-electron chi connectivity index (χ2n) is 9.53. The predicted molar refractivity (Wildman–Crippen MR) is 139 cm³/mol. The summed E-state index contributed by atoms with van der Waals surface area (Å²) >= 11 is 0. The first-order valence-corrected chi connectivity index (χ1v) is 12.9. The summed E-state index contributed by atoms with van der Waals surface area (Å²) in [6.07, 6.45) is -5.84. The number of nitrogens with zero attached hydrogens (tertiary/aromatic N) is 7. The van der Waals surface area contributed by atoms with E-state index >= 15 is 0 Å². The molecule has 0 bridgehead atoms. The standard InChI is InChI=1S/C26H25F6N9O3/c1-25(28,29)44-20-4-2-16(3-5-20)11-34-23(42)21-14-40(38-36-21)9-7-18(27)13-41-15-22(37-39-41)24(43)35-12-19-10-17(6-8-33-19)26(30,31)32/h2-6,8,10,14-15,18H,7,9,11-13H2,1H3,(H,34,42)(H,35,43). The van der Waals surface area contributed by atoms with Crippen molar-refractivity contribution in [2.45, 2.75) is 58.0 Å². The highest BCUT2D eigenvalue weighted by Crippen LogP contribution is 2.29. The highest BCUT2D eigenvalue weighted by molar-refractivity contribution is 5.92. The molecule has 0 aliphatic rings. The van der Waals surface area contributed by atoms with Crippen LogP contribution < -0.4 is 15.4 Å². The number of carbonyl (C=O) groups excluding carboxylic acids is 2. The molecule has 4 rings (SSSR count). The number of amides is 2. The molecule has 0 saturated heterocycles. The van der Waals surface area contributed by atoms with Gasteiger partial charge in [0.25, 0.3) is 11.8 Å². The predicted octanol–water partition coefficient (Wildman–Crippen LogP) is 3.56. The van der Waals surface area contributed by atoms with Gasteiger partial charge < -0.3 is 15.4 Å². The Morgan fingerprint density at radius 1 is 0.909 bits per heavy atom. The van der Waals surface area contributed by atoms with Crippen molar-refractivity contribution < 1.29 is 40.7 Å². The monoisotopic (exact) mass is 625 g/mol. The Balaban J connectivity index is 1.19. The summed E-state index contributed by atoms with van der Waals surface area (Å²) in [5.41, 5.74) is -0.467. The number of pyridine rings is 1. The molecular weight excluding hydrogens is 600 g/mol. The average molecular weight is 626 g/mol. The number of benzene rings is 1. The largest absolute Gasteiger partial charge is 0.433 e. The molecule has 0 radical (unpaired) electrons. The van der Waals surface area contributed by atoms with Crippen LogP contribution in [-0.2, 0) is 32.4 Å². The summed E-state index contributed by atoms with van der Waals surface area (Å²) in [5.74, 6) is -1.31. The Labute approximate surface area is 245 Å². The van der Waals surface area contributed by atoms with Gasteiger partial charge in [0.15, 0.2) is 11.4 Å². The minimum absolute atomic E-state index is 0.0115. The van der Waals surface area contributed by atoms with Crippen LogP contribution in [0.25, 0.3) is 0 Å². The lowest BCUT2D eigenvalue weighted by Gasteiger charge is -2.13. The van der Waals surface area contributed by atoms with Gasteiger partial charge in [-0.3, -0.25) is 19.3 Å². The molecule has 4 aromatic rings. The number of carbonyl (C=O) groups is 2. The van der Waals surface area contributed by atoms with Gasteiger partial charge >= 0.3 is 12.3 Å². The summed E-state index contributed by atoms with van der Waals surface area (Å²) in [7, 11) is 0. The van der Waals surface area contributed by atoms with E-state index in [2.05, 4.69) is 41.0 Å². The van der Waals surface area contributed by atoms with E-state index in [1.165, 1.54) is 41.3 Å². The lowest BCUT2D eigenvalue weighted by molar-refractivity contribution is -0.159. The molecule has 0 saturated carbocycles. The van der Waals surface area contributed by atoms with Crippen molar-refractivity contribution in [3.8, 4) is 5.75 Å². The van der Waals surface area contributed by atoms with Crippen molar-refractivity contribution in [2.24, 2.45) is 0 Å². The van der Waals surface area contributed by atoms with E-state index in [0.29, 0.717) is 12.5 Å². The lowest BCUT2D eigenvalue weighted by Crippen LogP contribution is -2.24. The van der Waals surface area contributed by atoms with Crippen LogP contribution in [0, 0.1) is 0 Å². The van der Waals surface area contributed by atoms with Crippen LogP contribution in [0.1, 0.15) is 51.1 Å². The molecule has 18 heteroatoms. The molecule has 1 aromatic carbocycles. The lowest BCUT2D eigenvalue weighted by atomic mass is 10.2. The molecule has 3 heterocycles. The fourth-order valence-electron chi connectivity index (χ4n) is 3.74. The number of alkyl halides is 6. The zero-order chi connectivity index (χ0) is 31.9. The molecule has 0 aliphatic heterocycles. The van der Waals surface area contributed by atoms with Crippen molar-refractivity contribution >= 4 is 11.8 Å². The Hall–Kier alpha value is -5.03. The summed E-state index contributed by atoms with van der Waals surface area (Å²) in [5, 5.41) is 19.9. The molecule has 12 nitrogen and oxygen atoms in total. The molecule has 0 aliphatic carbocycles. The van der Waals surface area contributed by atoms with Gasteiger partial charge in [0.1, 0.15) is 11.9 Å². The number of aromatic nitrogens is 7. The first kappa shape index (κ1) is 31.9. The fourth-order valence-corrected chi connectivity index (χ4v) is 3.74. The second kappa shape index (κ2) is 13.5. The normalized spacial score (nSPS) is 12.5. The Morgan fingerprint density at radius 3 is 2.16 bits per heavy atom. The van der Waals surface area contributed by atoms with Gasteiger partial charge in [-0.2, -0.15) is 22.0 Å². The third kappa shape index (κ3) is 9.50. The first-order chi connectivity index (χ1) is 20.7. The van der Waals surface area contributed by atoms with Crippen LogP contribution in [0.3, 0.4) is 0 Å². The highest BCUT2D eigenvalue weighted by Gasteiger charge is 2.30. The maximum absolute atomic E-state index is 14.6. The van der Waals surface area contributed by atoms with E-state index < -0.39 is 35.8 Å². The molecule has 1 unspecified atom stereocenters. The minimum atomic E-state index is -4.55. The van der Waals surface area contributed by atoms with Crippen LogP contribution >= 0.6 is 0 Å². The smallest absolute Gasteiger partial charge is 0.416 e. The van der Waals surface area contributed by atoms with E-state index in [1.807, 2.05) is 0 Å². The first-order valence-electron chi connectivity index (χ1n) is 12.9. The molecular formula is C26H25F6N9O3. The van der Waals surface area contributed by atoms with Gasteiger partial charge in [-0.05, 0) is 29.8 Å². The molecule has 44 heavy (non-hydrogen) atoms. The van der Waals surface area contributed by atoms with Crippen molar-refractivity contribution in [1.82, 2.24) is 45.6 Å². The van der Waals surface area contributed by atoms with Crippen LogP contribution in [0.4, 0.5) is 26.3 Å². The van der Waals surface area contributed by atoms with E-state index in [1.54, 1.807) is 0 Å². The topological polar surface area (TPSA) is 142 Å². The minimum Gasteiger partial charge on any atom is -0.433 e. The SMILES string of the molecule is CC(F)(F)Oc1ccc(CNC(=O)c2cn(CCC(F)Cn3cc(C(=O)NCc4cc(C(F)(F)F)ccn4)nn3)nn2)cc1. The maximum atomic E-state index is 14.6. The number of aryl methyl sites for hydroxylation is 1. The zero-order valence-corrected chi connectivity index (χ0v) is 22.9. The molecule has 2 N–H and O–H groups in total. The molecule has 2 amide bonds. The molecule has 0 fully saturated rings. The molecule has 0 spiro atoms. The summed E-state index contributed by atoms with van der Waals surface area (Å²) in [4.78, 5) is 28.5. The van der Waals surface area contributed by atoms with Gasteiger partial charge in [0, 0.05) is 32.6 Å². The van der Waals surface area contributed by atoms with Gasteiger partial charge in [0.2, 0.25) is 0 Å². The second-order valence-corrected chi connectivity index (χ2v) is 9.53. The van der Waals surface area contributed by atoms with Gasteiger partial charge in [0.05, 0.1) is 36.7 Å². The number of halogens is 6. The third-order valence-corrected chi connectivity index (χ3v) is 5.85.